The molecular formula is C29H38ClN3O2. The van der Waals surface area contributed by atoms with E-state index < -0.39 is 5.97 Å². The Kier molecular flexibility index (Phi) is 10.4. The third-order valence-electron chi connectivity index (χ3n) is 6.49. The quantitative estimate of drug-likeness (QED) is 0.228. The highest BCUT2D eigenvalue weighted by molar-refractivity contribution is 6.30. The molecule has 1 unspecified atom stereocenters. The monoisotopic (exact) mass is 495 g/mol. The predicted molar refractivity (Wildman–Crippen MR) is 144 cm³/mol. The predicted octanol–water partition coefficient (Wildman–Crippen LogP) is 7.46. The molecule has 3 rings (SSSR count). The van der Waals surface area contributed by atoms with Gasteiger partial charge in [0.25, 0.3) is 0 Å². The zero-order valence-corrected chi connectivity index (χ0v) is 21.9. The average molecular weight is 496 g/mol. The molecule has 1 aromatic heterocycles. The zero-order valence-electron chi connectivity index (χ0n) is 21.2. The number of carboxylic acids is 1. The molecule has 2 aromatic carbocycles. The fourth-order valence-electron chi connectivity index (χ4n) is 4.47. The second kappa shape index (κ2) is 13.5. The number of aromatic carboxylic acids is 1. The van der Waals surface area contributed by atoms with Crippen LogP contribution in [-0.4, -0.2) is 27.2 Å². The molecule has 0 fully saturated rings. The molecule has 0 saturated carbocycles. The lowest BCUT2D eigenvalue weighted by molar-refractivity contribution is 0.0697. The first-order valence-electron chi connectivity index (χ1n) is 12.8. The third kappa shape index (κ3) is 7.18. The summed E-state index contributed by atoms with van der Waals surface area (Å²) in [5, 5.41) is 13.5. The minimum Gasteiger partial charge on any atom is -0.478 e. The van der Waals surface area contributed by atoms with Gasteiger partial charge in [0.2, 0.25) is 0 Å². The molecule has 5 nitrogen and oxygen atoms in total. The minimum atomic E-state index is -0.890. The van der Waals surface area contributed by atoms with Crippen molar-refractivity contribution >= 4 is 17.6 Å². The number of hydrogen-bond donors (Lipinski definition) is 2. The molecule has 3 aromatic rings. The largest absolute Gasteiger partial charge is 0.478 e. The smallest absolute Gasteiger partial charge is 0.335 e. The lowest BCUT2D eigenvalue weighted by Gasteiger charge is -2.22. The van der Waals surface area contributed by atoms with E-state index in [4.69, 9.17) is 21.7 Å². The van der Waals surface area contributed by atoms with Gasteiger partial charge in [-0.3, -0.25) is 0 Å². The molecular weight excluding hydrogens is 458 g/mol. The Labute approximate surface area is 214 Å². The van der Waals surface area contributed by atoms with Crippen molar-refractivity contribution in [1.29, 1.82) is 0 Å². The summed E-state index contributed by atoms with van der Waals surface area (Å²) in [6, 6.07) is 15.7. The van der Waals surface area contributed by atoms with E-state index in [1.165, 1.54) is 5.56 Å². The Bertz CT molecular complexity index is 1090. The first kappa shape index (κ1) is 27.0. The summed E-state index contributed by atoms with van der Waals surface area (Å²) in [6.45, 7) is 8.30. The summed E-state index contributed by atoms with van der Waals surface area (Å²) in [4.78, 5) is 15.9. The van der Waals surface area contributed by atoms with Crippen LogP contribution in [0.4, 0.5) is 0 Å². The highest BCUT2D eigenvalue weighted by Crippen LogP contribution is 2.33. The fourth-order valence-corrected chi connectivity index (χ4v) is 4.78. The number of carboxylic acid groups (broad SMARTS) is 1. The van der Waals surface area contributed by atoms with Crippen LogP contribution in [0.2, 0.25) is 5.15 Å². The van der Waals surface area contributed by atoms with Gasteiger partial charge in [-0.05, 0) is 62.4 Å². The summed E-state index contributed by atoms with van der Waals surface area (Å²) in [5.74, 6) is 0.0666. The number of carbonyl (C=O) groups is 1. The van der Waals surface area contributed by atoms with E-state index in [0.29, 0.717) is 10.7 Å². The molecule has 2 N–H and O–H groups in total. The van der Waals surface area contributed by atoms with Crippen molar-refractivity contribution < 1.29 is 9.90 Å². The van der Waals surface area contributed by atoms with Gasteiger partial charge in [-0.2, -0.15) is 0 Å². The van der Waals surface area contributed by atoms with Crippen molar-refractivity contribution in [3.63, 3.8) is 0 Å². The summed E-state index contributed by atoms with van der Waals surface area (Å²) < 4.78 is 2.34. The number of rotatable bonds is 14. The molecule has 0 amide bonds. The van der Waals surface area contributed by atoms with Crippen LogP contribution in [0.1, 0.15) is 85.6 Å². The van der Waals surface area contributed by atoms with E-state index >= 15 is 0 Å². The summed E-state index contributed by atoms with van der Waals surface area (Å²) in [5.41, 5.74) is 4.90. The van der Waals surface area contributed by atoms with Crippen LogP contribution in [-0.2, 0) is 13.0 Å². The lowest BCUT2D eigenvalue weighted by Crippen LogP contribution is -2.26. The van der Waals surface area contributed by atoms with Crippen LogP contribution >= 0.6 is 11.6 Å². The van der Waals surface area contributed by atoms with Crippen molar-refractivity contribution in [2.45, 2.75) is 78.3 Å². The molecule has 35 heavy (non-hydrogen) atoms. The van der Waals surface area contributed by atoms with Crippen molar-refractivity contribution in [3.8, 4) is 11.4 Å². The summed E-state index contributed by atoms with van der Waals surface area (Å²) in [6.07, 6.45) is 7.28. The number of imidazole rings is 1. The van der Waals surface area contributed by atoms with Crippen molar-refractivity contribution in [2.24, 2.45) is 0 Å². The molecule has 1 atom stereocenters. The van der Waals surface area contributed by atoms with Gasteiger partial charge < -0.3 is 15.0 Å². The second-order valence-electron chi connectivity index (χ2n) is 9.19. The van der Waals surface area contributed by atoms with E-state index in [0.717, 1.165) is 80.7 Å². The summed E-state index contributed by atoms with van der Waals surface area (Å²) >= 11 is 6.83. The maximum absolute atomic E-state index is 11.1. The van der Waals surface area contributed by atoms with E-state index in [1.807, 2.05) is 12.1 Å². The highest BCUT2D eigenvalue weighted by Gasteiger charge is 2.24. The molecule has 0 aliphatic heterocycles. The van der Waals surface area contributed by atoms with Gasteiger partial charge in [0.1, 0.15) is 5.82 Å². The molecule has 0 bridgehead atoms. The van der Waals surface area contributed by atoms with Crippen molar-refractivity contribution in [2.75, 3.05) is 6.54 Å². The van der Waals surface area contributed by atoms with Gasteiger partial charge in [-0.15, -0.1) is 0 Å². The van der Waals surface area contributed by atoms with Gasteiger partial charge in [-0.1, -0.05) is 81.1 Å². The van der Waals surface area contributed by atoms with Gasteiger partial charge in [0.15, 0.2) is 5.15 Å². The van der Waals surface area contributed by atoms with Gasteiger partial charge in [0, 0.05) is 12.1 Å². The molecule has 0 spiro atoms. The van der Waals surface area contributed by atoms with Crippen molar-refractivity contribution in [3.05, 3.63) is 76.1 Å². The lowest BCUT2D eigenvalue weighted by atomic mass is 10.0. The van der Waals surface area contributed by atoms with E-state index in [-0.39, 0.29) is 6.04 Å². The SMILES string of the molecule is CCCCC(NCCCc1ccc(C(=O)O)cc1)c1c(Cl)nc(-c2ccccc2C)n1CCCC. The molecule has 0 radical (unpaired) electrons. The number of aryl methyl sites for hydroxylation is 2. The average Bonchev–Trinajstić information content (AvgIpc) is 3.18. The maximum atomic E-state index is 11.1. The highest BCUT2D eigenvalue weighted by atomic mass is 35.5. The first-order chi connectivity index (χ1) is 17.0. The molecule has 188 valence electrons. The molecule has 0 saturated heterocycles. The molecule has 6 heteroatoms. The van der Waals surface area contributed by atoms with E-state index in [2.05, 4.69) is 54.9 Å². The number of nitrogens with zero attached hydrogens (tertiary/aromatic N) is 2. The first-order valence-corrected chi connectivity index (χ1v) is 13.2. The number of halogens is 1. The van der Waals surface area contributed by atoms with Gasteiger partial charge in [-0.25, -0.2) is 9.78 Å². The molecule has 1 heterocycles. The molecule has 0 aliphatic rings. The van der Waals surface area contributed by atoms with Crippen LogP contribution < -0.4 is 5.32 Å². The normalized spacial score (nSPS) is 12.1. The van der Waals surface area contributed by atoms with Crippen LogP contribution in [0.25, 0.3) is 11.4 Å². The van der Waals surface area contributed by atoms with Gasteiger partial charge >= 0.3 is 5.97 Å². The van der Waals surface area contributed by atoms with E-state index in [1.54, 1.807) is 12.1 Å². The number of unbranched alkanes of at least 4 members (excludes halogenated alkanes) is 2. The second-order valence-corrected chi connectivity index (χ2v) is 9.54. The van der Waals surface area contributed by atoms with Crippen LogP contribution in [0.15, 0.2) is 48.5 Å². The Balaban J connectivity index is 1.79. The fraction of sp³-hybridized carbons (Fsp3) is 0.448. The van der Waals surface area contributed by atoms with Crippen LogP contribution in [0, 0.1) is 6.92 Å². The number of aromatic nitrogens is 2. The van der Waals surface area contributed by atoms with E-state index in [9.17, 15) is 4.79 Å². The zero-order chi connectivity index (χ0) is 25.2. The topological polar surface area (TPSA) is 67.2 Å². The number of nitrogens with one attached hydrogen (secondary N) is 1. The van der Waals surface area contributed by atoms with Crippen molar-refractivity contribution in [1.82, 2.24) is 14.9 Å². The standard InChI is InChI=1S/C29H38ClN3O2/c1-4-6-14-25(31-19-10-12-22-15-17-23(18-16-22)29(34)35)26-27(30)32-28(33(26)20-7-5-2)24-13-9-8-11-21(24)3/h8-9,11,13,15-18,25,31H,4-7,10,12,14,19-20H2,1-3H3,(H,34,35). The number of benzene rings is 2. The maximum Gasteiger partial charge on any atom is 0.335 e. The minimum absolute atomic E-state index is 0.138. The van der Waals surface area contributed by atoms with Crippen LogP contribution in [0.5, 0.6) is 0 Å². The van der Waals surface area contributed by atoms with Crippen LogP contribution in [0.3, 0.4) is 0 Å². The Hall–Kier alpha value is -2.63. The summed E-state index contributed by atoms with van der Waals surface area (Å²) in [7, 11) is 0. The Morgan fingerprint density at radius 3 is 2.43 bits per heavy atom. The van der Waals surface area contributed by atoms with Gasteiger partial charge in [0.05, 0.1) is 17.3 Å². The molecule has 0 aliphatic carbocycles. The number of hydrogen-bond acceptors (Lipinski definition) is 3. The third-order valence-corrected chi connectivity index (χ3v) is 6.77. The Morgan fingerprint density at radius 2 is 1.77 bits per heavy atom. The Morgan fingerprint density at radius 1 is 1.06 bits per heavy atom.